The van der Waals surface area contributed by atoms with Crippen LogP contribution in [0, 0.1) is 5.41 Å². The zero-order valence-corrected chi connectivity index (χ0v) is 9.17. The predicted molar refractivity (Wildman–Crippen MR) is 56.1 cm³/mol. The number of H-pyrrole nitrogens is 1. The van der Waals surface area contributed by atoms with E-state index < -0.39 is 0 Å². The summed E-state index contributed by atoms with van der Waals surface area (Å²) in [4.78, 5) is 5.55. The minimum atomic E-state index is 0.402. The maximum absolute atomic E-state index is 5.42. The number of aromatic nitrogens is 3. The Balaban J connectivity index is 2.16. The number of nitrogens with zero attached hydrogens (tertiary/aromatic N) is 2. The molecule has 0 aliphatic carbocycles. The van der Waals surface area contributed by atoms with Crippen LogP contribution >= 0.6 is 0 Å². The van der Waals surface area contributed by atoms with Gasteiger partial charge in [0.1, 0.15) is 0 Å². The molecule has 0 radical (unpaired) electrons. The van der Waals surface area contributed by atoms with Gasteiger partial charge in [-0.3, -0.25) is 0 Å². The van der Waals surface area contributed by atoms with Crippen molar-refractivity contribution in [1.29, 1.82) is 0 Å². The molecule has 0 unspecified atom stereocenters. The molecule has 1 heterocycles. The first-order valence-corrected chi connectivity index (χ1v) is 4.93. The Hall–Kier alpha value is -1.26. The first-order chi connectivity index (χ1) is 6.47. The van der Waals surface area contributed by atoms with E-state index in [9.17, 15) is 0 Å². The quantitative estimate of drug-likeness (QED) is 0.491. The number of nitrogens with one attached hydrogen (secondary N) is 2. The van der Waals surface area contributed by atoms with Gasteiger partial charge in [-0.15, -0.1) is 5.10 Å². The van der Waals surface area contributed by atoms with Crippen molar-refractivity contribution in [3.05, 3.63) is 6.33 Å². The third kappa shape index (κ3) is 4.11. The highest BCUT2D eigenvalue weighted by atomic mass is 15.6. The van der Waals surface area contributed by atoms with Crippen molar-refractivity contribution in [3.63, 3.8) is 0 Å². The molecule has 14 heavy (non-hydrogen) atoms. The predicted octanol–water partition coefficient (Wildman–Crippen LogP) is 0.649. The summed E-state index contributed by atoms with van der Waals surface area (Å²) in [6.45, 7) is 7.65. The van der Waals surface area contributed by atoms with E-state index in [1.807, 2.05) is 0 Å². The molecular weight excluding hydrogens is 178 g/mol. The van der Waals surface area contributed by atoms with E-state index in [1.165, 1.54) is 6.42 Å². The van der Waals surface area contributed by atoms with Gasteiger partial charge in [0.05, 0.1) is 6.54 Å². The fraction of sp³-hybridized carbons (Fsp3) is 0.778. The first-order valence-electron chi connectivity index (χ1n) is 4.93. The number of nitrogen functional groups attached to an aromatic ring is 1. The highest BCUT2D eigenvalue weighted by Crippen LogP contribution is 2.19. The molecule has 0 saturated heterocycles. The van der Waals surface area contributed by atoms with Crippen molar-refractivity contribution < 1.29 is 4.79 Å². The van der Waals surface area contributed by atoms with Crippen LogP contribution in [0.15, 0.2) is 6.33 Å². The van der Waals surface area contributed by atoms with Crippen LogP contribution in [0.4, 0.5) is 5.95 Å². The summed E-state index contributed by atoms with van der Waals surface area (Å²) in [5.41, 5.74) is 8.98. The van der Waals surface area contributed by atoms with Gasteiger partial charge in [0.2, 0.25) is 0 Å². The van der Waals surface area contributed by atoms with Gasteiger partial charge in [0.25, 0.3) is 0 Å². The van der Waals surface area contributed by atoms with Gasteiger partial charge in [-0.25, -0.2) is 5.43 Å². The van der Waals surface area contributed by atoms with E-state index in [0.717, 1.165) is 13.0 Å². The van der Waals surface area contributed by atoms with Gasteiger partial charge >= 0.3 is 12.3 Å². The Morgan fingerprint density at radius 2 is 2.29 bits per heavy atom. The molecule has 0 aliphatic heterocycles. The maximum Gasteiger partial charge on any atom is 0.346 e. The number of aromatic amines is 1. The Bertz CT molecular complexity index is 273. The van der Waals surface area contributed by atoms with Crippen molar-refractivity contribution >= 4 is 5.95 Å². The summed E-state index contributed by atoms with van der Waals surface area (Å²) < 4.78 is 0. The van der Waals surface area contributed by atoms with Crippen molar-refractivity contribution in [2.24, 2.45) is 5.41 Å². The van der Waals surface area contributed by atoms with Crippen LogP contribution in [0.2, 0.25) is 0 Å². The molecule has 1 aromatic rings. The summed E-state index contributed by atoms with van der Waals surface area (Å²) in [6.07, 6.45) is 3.96. The Kier molecular flexibility index (Phi) is 3.33. The molecule has 0 amide bonds. The second-order valence-corrected chi connectivity index (χ2v) is 4.68. The number of hydrogen-bond acceptors (Lipinski definition) is 3. The maximum atomic E-state index is 5.42. The first kappa shape index (κ1) is 10.8. The van der Waals surface area contributed by atoms with E-state index >= 15 is 0 Å². The van der Waals surface area contributed by atoms with E-state index in [0.29, 0.717) is 11.4 Å². The molecule has 1 rings (SSSR count). The number of nitrogens with two attached hydrogens (primary N) is 1. The van der Waals surface area contributed by atoms with Crippen LogP contribution in [-0.2, 0) is 0 Å². The monoisotopic (exact) mass is 198 g/mol. The molecular formula is C9H20N5+. The normalized spacial score (nSPS) is 11.6. The van der Waals surface area contributed by atoms with Crippen molar-refractivity contribution in [2.75, 3.05) is 17.7 Å². The Morgan fingerprint density at radius 1 is 1.57 bits per heavy atom. The second-order valence-electron chi connectivity index (χ2n) is 4.68. The van der Waals surface area contributed by atoms with E-state index in [1.54, 1.807) is 11.1 Å². The fourth-order valence-corrected chi connectivity index (χ4v) is 1.20. The lowest BCUT2D eigenvalue weighted by Crippen LogP contribution is -2.47. The minimum absolute atomic E-state index is 0.402. The zero-order chi connectivity index (χ0) is 10.6. The fourth-order valence-electron chi connectivity index (χ4n) is 1.20. The van der Waals surface area contributed by atoms with Crippen molar-refractivity contribution in [1.82, 2.24) is 10.1 Å². The van der Waals surface area contributed by atoms with Crippen LogP contribution in [0.25, 0.3) is 0 Å². The zero-order valence-electron chi connectivity index (χ0n) is 9.17. The third-order valence-electron chi connectivity index (χ3n) is 1.93. The lowest BCUT2D eigenvalue weighted by molar-refractivity contribution is -0.706. The molecule has 5 nitrogen and oxygen atoms in total. The topological polar surface area (TPSA) is 70.6 Å². The second kappa shape index (κ2) is 4.30. The summed E-state index contributed by atoms with van der Waals surface area (Å²) in [7, 11) is 0. The molecule has 0 spiro atoms. The molecule has 0 bridgehead atoms. The van der Waals surface area contributed by atoms with Gasteiger partial charge in [-0.1, -0.05) is 25.6 Å². The Labute approximate surface area is 84.7 Å². The SMILES string of the molecule is CC(C)(C)CCCN[n+]1cnc(N)[nH]1. The highest BCUT2D eigenvalue weighted by Gasteiger charge is 2.09. The van der Waals surface area contributed by atoms with E-state index in [-0.39, 0.29) is 0 Å². The molecule has 4 N–H and O–H groups in total. The molecule has 0 saturated carbocycles. The van der Waals surface area contributed by atoms with Crippen LogP contribution in [-0.4, -0.2) is 16.6 Å². The minimum Gasteiger partial charge on any atom is -0.345 e. The van der Waals surface area contributed by atoms with Gasteiger partial charge in [0, 0.05) is 0 Å². The summed E-state index contributed by atoms with van der Waals surface area (Å²) in [5.74, 6) is 0.424. The third-order valence-corrected chi connectivity index (χ3v) is 1.93. The number of anilines is 1. The lowest BCUT2D eigenvalue weighted by Gasteiger charge is -2.17. The summed E-state index contributed by atoms with van der Waals surface area (Å²) >= 11 is 0. The molecule has 0 atom stereocenters. The molecule has 0 aliphatic rings. The smallest absolute Gasteiger partial charge is 0.345 e. The van der Waals surface area contributed by atoms with Crippen molar-refractivity contribution in [2.45, 2.75) is 33.6 Å². The molecule has 80 valence electrons. The van der Waals surface area contributed by atoms with Crippen LogP contribution in [0.3, 0.4) is 0 Å². The van der Waals surface area contributed by atoms with Crippen LogP contribution in [0.5, 0.6) is 0 Å². The average molecular weight is 198 g/mol. The average Bonchev–Trinajstić information content (AvgIpc) is 2.44. The largest absolute Gasteiger partial charge is 0.346 e. The van der Waals surface area contributed by atoms with E-state index in [2.05, 4.69) is 36.3 Å². The van der Waals surface area contributed by atoms with Gasteiger partial charge in [-0.2, -0.15) is 0 Å². The highest BCUT2D eigenvalue weighted by molar-refractivity contribution is 5.06. The molecule has 0 aromatic carbocycles. The van der Waals surface area contributed by atoms with Gasteiger partial charge in [-0.05, 0) is 23.2 Å². The summed E-state index contributed by atoms with van der Waals surface area (Å²) in [6, 6.07) is 0. The number of hydrogen-bond donors (Lipinski definition) is 3. The summed E-state index contributed by atoms with van der Waals surface area (Å²) in [5, 5.41) is 2.85. The van der Waals surface area contributed by atoms with Gasteiger partial charge < -0.3 is 5.73 Å². The van der Waals surface area contributed by atoms with Crippen LogP contribution in [0.1, 0.15) is 33.6 Å². The Morgan fingerprint density at radius 3 is 2.79 bits per heavy atom. The molecule has 1 aromatic heterocycles. The molecule has 0 fully saturated rings. The van der Waals surface area contributed by atoms with Crippen molar-refractivity contribution in [3.8, 4) is 0 Å². The number of rotatable bonds is 4. The van der Waals surface area contributed by atoms with Crippen LogP contribution < -0.4 is 16.0 Å². The molecule has 5 heteroatoms. The van der Waals surface area contributed by atoms with E-state index in [4.69, 9.17) is 5.73 Å². The van der Waals surface area contributed by atoms with Gasteiger partial charge in [0.15, 0.2) is 0 Å². The lowest BCUT2D eigenvalue weighted by atomic mass is 9.91. The standard InChI is InChI=1S/C9H19N5/c1-9(2,3)5-4-6-12-14-7-11-8(10)13-14/h7,12H,4-6H2,1-3H3,(H2,10,13)/p+1.